The number of aryl methyl sites for hydroxylation is 2. The molecule has 5 nitrogen and oxygen atoms in total. The van der Waals surface area contributed by atoms with Crippen molar-refractivity contribution in [3.8, 4) is 5.13 Å². The van der Waals surface area contributed by atoms with Crippen LogP contribution in [-0.2, 0) is 17.6 Å². The van der Waals surface area contributed by atoms with E-state index in [2.05, 4.69) is 48.4 Å². The molecule has 0 fully saturated rings. The summed E-state index contributed by atoms with van der Waals surface area (Å²) in [5, 5.41) is 10.8. The van der Waals surface area contributed by atoms with Gasteiger partial charge in [0.05, 0.1) is 17.8 Å². The molecule has 2 aromatic heterocycles. The summed E-state index contributed by atoms with van der Waals surface area (Å²) < 4.78 is 1.88. The molecule has 0 saturated carbocycles. The Kier molecular flexibility index (Phi) is 6.20. The van der Waals surface area contributed by atoms with Crippen LogP contribution in [-0.4, -0.2) is 20.7 Å². The Balaban J connectivity index is 1.48. The minimum atomic E-state index is -0.132. The summed E-state index contributed by atoms with van der Waals surface area (Å²) >= 11 is 7.46. The number of anilines is 1. The van der Waals surface area contributed by atoms with E-state index in [0.29, 0.717) is 16.4 Å². The first kappa shape index (κ1) is 21.3. The van der Waals surface area contributed by atoms with Crippen LogP contribution in [0.1, 0.15) is 33.8 Å². The van der Waals surface area contributed by atoms with E-state index in [9.17, 15) is 4.79 Å². The van der Waals surface area contributed by atoms with Gasteiger partial charge in [0.2, 0.25) is 11.0 Å². The van der Waals surface area contributed by atoms with Crippen LogP contribution >= 0.6 is 22.9 Å². The lowest BCUT2D eigenvalue weighted by atomic mass is 10.0. The fourth-order valence-corrected chi connectivity index (χ4v) is 4.45. The van der Waals surface area contributed by atoms with Gasteiger partial charge in [0.25, 0.3) is 0 Å². The molecule has 0 aliphatic heterocycles. The number of aromatic nitrogens is 3. The predicted octanol–water partition coefficient (Wildman–Crippen LogP) is 5.68. The molecule has 31 heavy (non-hydrogen) atoms. The molecule has 0 spiro atoms. The number of thiazole rings is 1. The lowest BCUT2D eigenvalue weighted by Gasteiger charge is -2.05. The Labute approximate surface area is 190 Å². The normalized spacial score (nSPS) is 11.0. The van der Waals surface area contributed by atoms with Gasteiger partial charge in [-0.15, -0.1) is 11.3 Å². The SMILES string of the molecule is Cc1ccc(Cc2c(C)nn(-c3nc(CC(=O)Nc4cccc(Cl)c4)cs3)c2C)cc1. The average Bonchev–Trinajstić information content (AvgIpc) is 3.29. The number of benzene rings is 2. The predicted molar refractivity (Wildman–Crippen MR) is 126 cm³/mol. The maximum atomic E-state index is 12.4. The molecule has 7 heteroatoms. The summed E-state index contributed by atoms with van der Waals surface area (Å²) in [6, 6.07) is 15.7. The fourth-order valence-electron chi connectivity index (χ4n) is 3.44. The Bertz CT molecular complexity index is 1230. The zero-order valence-corrected chi connectivity index (χ0v) is 19.2. The largest absolute Gasteiger partial charge is 0.326 e. The van der Waals surface area contributed by atoms with Crippen LogP contribution in [0.25, 0.3) is 5.13 Å². The first-order valence-electron chi connectivity index (χ1n) is 10.00. The molecule has 2 aromatic carbocycles. The molecule has 0 bridgehead atoms. The molecule has 0 atom stereocenters. The highest BCUT2D eigenvalue weighted by Gasteiger charge is 2.16. The molecule has 4 rings (SSSR count). The molecular formula is C24H23ClN4OS. The van der Waals surface area contributed by atoms with Crippen molar-refractivity contribution < 1.29 is 4.79 Å². The molecule has 4 aromatic rings. The number of carbonyl (C=O) groups excluding carboxylic acids is 1. The van der Waals surface area contributed by atoms with Gasteiger partial charge in [-0.25, -0.2) is 9.67 Å². The first-order chi connectivity index (χ1) is 14.9. The van der Waals surface area contributed by atoms with Crippen LogP contribution in [0.3, 0.4) is 0 Å². The van der Waals surface area contributed by atoms with Gasteiger partial charge in [-0.1, -0.05) is 47.5 Å². The van der Waals surface area contributed by atoms with E-state index < -0.39 is 0 Å². The Morgan fingerprint density at radius 3 is 2.65 bits per heavy atom. The van der Waals surface area contributed by atoms with Crippen molar-refractivity contribution >= 4 is 34.5 Å². The summed E-state index contributed by atoms with van der Waals surface area (Å²) in [4.78, 5) is 17.0. The summed E-state index contributed by atoms with van der Waals surface area (Å²) in [6.45, 7) is 6.18. The number of halogens is 1. The van der Waals surface area contributed by atoms with Gasteiger partial charge in [-0.3, -0.25) is 4.79 Å². The maximum Gasteiger partial charge on any atom is 0.230 e. The van der Waals surface area contributed by atoms with E-state index >= 15 is 0 Å². The van der Waals surface area contributed by atoms with Crippen molar-refractivity contribution in [2.24, 2.45) is 0 Å². The number of amides is 1. The van der Waals surface area contributed by atoms with Crippen molar-refractivity contribution in [1.82, 2.24) is 14.8 Å². The summed E-state index contributed by atoms with van der Waals surface area (Å²) in [5.41, 5.74) is 7.17. The standard InChI is InChI=1S/C24H23ClN4OS/c1-15-7-9-18(10-8-15)11-22-16(2)28-29(17(22)3)24-27-21(14-31-24)13-23(30)26-20-6-4-5-19(25)12-20/h4-10,12,14H,11,13H2,1-3H3,(H,26,30). The topological polar surface area (TPSA) is 59.8 Å². The lowest BCUT2D eigenvalue weighted by molar-refractivity contribution is -0.115. The molecule has 1 amide bonds. The van der Waals surface area contributed by atoms with E-state index in [1.807, 2.05) is 23.1 Å². The van der Waals surface area contributed by atoms with Gasteiger partial charge in [0.15, 0.2) is 0 Å². The molecule has 0 unspecified atom stereocenters. The average molecular weight is 451 g/mol. The van der Waals surface area contributed by atoms with Crippen LogP contribution in [0.5, 0.6) is 0 Å². The van der Waals surface area contributed by atoms with Gasteiger partial charge in [-0.2, -0.15) is 5.10 Å². The van der Waals surface area contributed by atoms with E-state index in [4.69, 9.17) is 16.7 Å². The maximum absolute atomic E-state index is 12.4. The second kappa shape index (κ2) is 9.04. The third-order valence-corrected chi connectivity index (χ3v) is 6.21. The van der Waals surface area contributed by atoms with Crippen molar-refractivity contribution in [3.05, 3.63) is 92.7 Å². The van der Waals surface area contributed by atoms with E-state index in [1.165, 1.54) is 28.0 Å². The highest BCUT2D eigenvalue weighted by Crippen LogP contribution is 2.24. The Morgan fingerprint density at radius 1 is 1.13 bits per heavy atom. The van der Waals surface area contributed by atoms with Crippen molar-refractivity contribution in [1.29, 1.82) is 0 Å². The van der Waals surface area contributed by atoms with Crippen LogP contribution in [0.15, 0.2) is 53.9 Å². The third kappa shape index (κ3) is 5.03. The van der Waals surface area contributed by atoms with E-state index in [1.54, 1.807) is 18.2 Å². The van der Waals surface area contributed by atoms with E-state index in [-0.39, 0.29) is 12.3 Å². The van der Waals surface area contributed by atoms with Gasteiger partial charge >= 0.3 is 0 Å². The quantitative estimate of drug-likeness (QED) is 0.411. The number of carbonyl (C=O) groups is 1. The number of hydrogen-bond acceptors (Lipinski definition) is 4. The van der Waals surface area contributed by atoms with Crippen LogP contribution < -0.4 is 5.32 Å². The molecule has 158 valence electrons. The van der Waals surface area contributed by atoms with Gasteiger partial charge in [0.1, 0.15) is 0 Å². The summed E-state index contributed by atoms with van der Waals surface area (Å²) in [6.07, 6.45) is 1.02. The molecular weight excluding hydrogens is 428 g/mol. The van der Waals surface area contributed by atoms with E-state index in [0.717, 1.165) is 22.9 Å². The van der Waals surface area contributed by atoms with Crippen molar-refractivity contribution in [2.75, 3.05) is 5.32 Å². The molecule has 0 radical (unpaired) electrons. The Hall–Kier alpha value is -2.96. The van der Waals surface area contributed by atoms with Crippen LogP contribution in [0.4, 0.5) is 5.69 Å². The van der Waals surface area contributed by atoms with Crippen LogP contribution in [0, 0.1) is 20.8 Å². The van der Waals surface area contributed by atoms with Crippen LogP contribution in [0.2, 0.25) is 5.02 Å². The minimum absolute atomic E-state index is 0.132. The third-order valence-electron chi connectivity index (χ3n) is 5.11. The molecule has 0 aliphatic rings. The zero-order valence-electron chi connectivity index (χ0n) is 17.6. The first-order valence-corrected chi connectivity index (χ1v) is 11.3. The smallest absolute Gasteiger partial charge is 0.230 e. The molecule has 1 N–H and O–H groups in total. The van der Waals surface area contributed by atoms with Crippen molar-refractivity contribution in [3.63, 3.8) is 0 Å². The summed E-state index contributed by atoms with van der Waals surface area (Å²) in [7, 11) is 0. The molecule has 2 heterocycles. The second-order valence-corrected chi connectivity index (χ2v) is 8.85. The lowest BCUT2D eigenvalue weighted by Crippen LogP contribution is -2.14. The summed E-state index contributed by atoms with van der Waals surface area (Å²) in [5.74, 6) is -0.132. The van der Waals surface area contributed by atoms with Gasteiger partial charge < -0.3 is 5.32 Å². The number of hydrogen-bond donors (Lipinski definition) is 1. The highest BCUT2D eigenvalue weighted by atomic mass is 35.5. The monoisotopic (exact) mass is 450 g/mol. The number of nitrogens with one attached hydrogen (secondary N) is 1. The van der Waals surface area contributed by atoms with Gasteiger partial charge in [0, 0.05) is 33.8 Å². The van der Waals surface area contributed by atoms with Crippen molar-refractivity contribution in [2.45, 2.75) is 33.6 Å². The molecule has 0 saturated heterocycles. The zero-order chi connectivity index (χ0) is 22.0. The number of nitrogens with zero attached hydrogens (tertiary/aromatic N) is 3. The highest BCUT2D eigenvalue weighted by molar-refractivity contribution is 7.12. The Morgan fingerprint density at radius 2 is 1.90 bits per heavy atom. The molecule has 0 aliphatic carbocycles. The second-order valence-electron chi connectivity index (χ2n) is 7.58. The number of rotatable bonds is 6. The minimum Gasteiger partial charge on any atom is -0.326 e. The van der Waals surface area contributed by atoms with Gasteiger partial charge in [-0.05, 0) is 44.5 Å². The fraction of sp³-hybridized carbons (Fsp3) is 0.208.